The van der Waals surface area contributed by atoms with E-state index in [9.17, 15) is 9.59 Å². The molecule has 3 fully saturated rings. The Morgan fingerprint density at radius 1 is 1.22 bits per heavy atom. The third-order valence-corrected chi connectivity index (χ3v) is 5.07. The SMILES string of the molecule is O=C(NC1CC1)C1COC2(CCCCC2)N1C(=O)c1ccco1. The van der Waals surface area contributed by atoms with Gasteiger partial charge in [-0.3, -0.25) is 14.5 Å². The van der Waals surface area contributed by atoms with Crippen LogP contribution in [0.4, 0.5) is 0 Å². The Hall–Kier alpha value is -1.82. The number of amides is 2. The van der Waals surface area contributed by atoms with Gasteiger partial charge in [-0.25, -0.2) is 0 Å². The predicted molar refractivity (Wildman–Crippen MR) is 81.6 cm³/mol. The minimum absolute atomic E-state index is 0.102. The lowest BCUT2D eigenvalue weighted by Crippen LogP contribution is -2.56. The van der Waals surface area contributed by atoms with E-state index >= 15 is 0 Å². The summed E-state index contributed by atoms with van der Waals surface area (Å²) < 4.78 is 11.3. The van der Waals surface area contributed by atoms with Gasteiger partial charge in [0.25, 0.3) is 5.91 Å². The molecule has 1 aromatic heterocycles. The number of nitrogens with one attached hydrogen (secondary N) is 1. The first-order chi connectivity index (χ1) is 11.2. The van der Waals surface area contributed by atoms with Crippen LogP contribution in [0.25, 0.3) is 0 Å². The van der Waals surface area contributed by atoms with Gasteiger partial charge in [-0.05, 0) is 50.7 Å². The summed E-state index contributed by atoms with van der Waals surface area (Å²) in [6.45, 7) is 0.269. The zero-order valence-corrected chi connectivity index (χ0v) is 13.1. The molecule has 4 rings (SSSR count). The van der Waals surface area contributed by atoms with Gasteiger partial charge < -0.3 is 14.5 Å². The molecule has 1 unspecified atom stereocenters. The van der Waals surface area contributed by atoms with Crippen LogP contribution in [0.3, 0.4) is 0 Å². The van der Waals surface area contributed by atoms with Crippen molar-refractivity contribution in [1.82, 2.24) is 10.2 Å². The van der Waals surface area contributed by atoms with Crippen molar-refractivity contribution in [2.45, 2.75) is 62.8 Å². The summed E-state index contributed by atoms with van der Waals surface area (Å²) in [4.78, 5) is 27.2. The first kappa shape index (κ1) is 14.8. The second-order valence-corrected chi connectivity index (χ2v) is 6.77. The van der Waals surface area contributed by atoms with Crippen LogP contribution in [0.2, 0.25) is 0 Å². The van der Waals surface area contributed by atoms with Gasteiger partial charge in [-0.2, -0.15) is 0 Å². The molecule has 2 aliphatic carbocycles. The number of ether oxygens (including phenoxy) is 1. The van der Waals surface area contributed by atoms with E-state index in [4.69, 9.17) is 9.15 Å². The molecule has 0 radical (unpaired) electrons. The van der Waals surface area contributed by atoms with Crippen molar-refractivity contribution in [3.05, 3.63) is 24.2 Å². The second-order valence-electron chi connectivity index (χ2n) is 6.77. The Morgan fingerprint density at radius 3 is 2.65 bits per heavy atom. The molecule has 1 atom stereocenters. The van der Waals surface area contributed by atoms with Gasteiger partial charge in [0.2, 0.25) is 5.91 Å². The Labute approximate surface area is 135 Å². The van der Waals surface area contributed by atoms with E-state index in [0.29, 0.717) is 0 Å². The average molecular weight is 318 g/mol. The van der Waals surface area contributed by atoms with Gasteiger partial charge in [-0.15, -0.1) is 0 Å². The van der Waals surface area contributed by atoms with E-state index in [1.165, 1.54) is 6.26 Å². The van der Waals surface area contributed by atoms with Crippen molar-refractivity contribution in [3.8, 4) is 0 Å². The molecule has 6 nitrogen and oxygen atoms in total. The van der Waals surface area contributed by atoms with E-state index < -0.39 is 11.8 Å². The number of carbonyl (C=O) groups excluding carboxylic acids is 2. The van der Waals surface area contributed by atoms with Gasteiger partial charge in [0, 0.05) is 6.04 Å². The minimum atomic E-state index is -0.645. The van der Waals surface area contributed by atoms with Crippen molar-refractivity contribution < 1.29 is 18.7 Å². The third kappa shape index (κ3) is 2.65. The van der Waals surface area contributed by atoms with Crippen LogP contribution in [-0.4, -0.2) is 41.1 Å². The van der Waals surface area contributed by atoms with Crippen LogP contribution in [0.1, 0.15) is 55.5 Å². The molecule has 1 saturated heterocycles. The fraction of sp³-hybridized carbons (Fsp3) is 0.647. The zero-order chi connectivity index (χ0) is 15.9. The van der Waals surface area contributed by atoms with Gasteiger partial charge in [0.05, 0.1) is 12.9 Å². The standard InChI is InChI=1S/C17H22N2O4/c20-15(18-12-6-7-12)13-11-23-17(8-2-1-3-9-17)19(13)16(21)14-5-4-10-22-14/h4-5,10,12-13H,1-3,6-9,11H2,(H,18,20). The molecule has 1 aromatic rings. The summed E-state index contributed by atoms with van der Waals surface area (Å²) in [5, 5.41) is 3.00. The van der Waals surface area contributed by atoms with E-state index in [1.54, 1.807) is 17.0 Å². The Morgan fingerprint density at radius 2 is 2.00 bits per heavy atom. The van der Waals surface area contributed by atoms with Crippen molar-refractivity contribution in [3.63, 3.8) is 0 Å². The summed E-state index contributed by atoms with van der Waals surface area (Å²) in [6, 6.07) is 3.04. The van der Waals surface area contributed by atoms with Crippen LogP contribution in [0, 0.1) is 0 Å². The Kier molecular flexibility index (Phi) is 3.64. The molecule has 0 bridgehead atoms. The molecule has 2 saturated carbocycles. The maximum Gasteiger partial charge on any atom is 0.292 e. The van der Waals surface area contributed by atoms with Crippen molar-refractivity contribution in [2.75, 3.05) is 6.61 Å². The van der Waals surface area contributed by atoms with Crippen molar-refractivity contribution in [2.24, 2.45) is 0 Å². The molecule has 3 aliphatic rings. The number of carbonyl (C=O) groups is 2. The lowest BCUT2D eigenvalue weighted by atomic mass is 9.90. The maximum absolute atomic E-state index is 13.0. The zero-order valence-electron chi connectivity index (χ0n) is 13.1. The summed E-state index contributed by atoms with van der Waals surface area (Å²) in [5.74, 6) is -0.0788. The quantitative estimate of drug-likeness (QED) is 0.926. The Balaban J connectivity index is 1.62. The number of rotatable bonds is 3. The smallest absolute Gasteiger partial charge is 0.292 e. The topological polar surface area (TPSA) is 71.8 Å². The maximum atomic E-state index is 13.0. The molecule has 6 heteroatoms. The molecule has 0 aromatic carbocycles. The van der Waals surface area contributed by atoms with E-state index in [0.717, 1.165) is 44.9 Å². The van der Waals surface area contributed by atoms with Crippen LogP contribution in [0.15, 0.2) is 22.8 Å². The molecule has 1 N–H and O–H groups in total. The number of nitrogens with zero attached hydrogens (tertiary/aromatic N) is 1. The largest absolute Gasteiger partial charge is 0.459 e. The fourth-order valence-corrected chi connectivity index (χ4v) is 3.72. The molecule has 2 amide bonds. The highest BCUT2D eigenvalue weighted by atomic mass is 16.5. The van der Waals surface area contributed by atoms with Crippen LogP contribution in [-0.2, 0) is 9.53 Å². The minimum Gasteiger partial charge on any atom is -0.459 e. The summed E-state index contributed by atoms with van der Waals surface area (Å²) >= 11 is 0. The molecular weight excluding hydrogens is 296 g/mol. The van der Waals surface area contributed by atoms with Gasteiger partial charge in [0.1, 0.15) is 11.8 Å². The molecule has 1 aliphatic heterocycles. The van der Waals surface area contributed by atoms with Gasteiger partial charge in [0.15, 0.2) is 5.76 Å². The fourth-order valence-electron chi connectivity index (χ4n) is 3.72. The van der Waals surface area contributed by atoms with E-state index in [-0.39, 0.29) is 30.2 Å². The summed E-state index contributed by atoms with van der Waals surface area (Å²) in [5.41, 5.74) is -0.645. The van der Waals surface area contributed by atoms with E-state index in [1.807, 2.05) is 0 Å². The highest BCUT2D eigenvalue weighted by molar-refractivity contribution is 5.96. The van der Waals surface area contributed by atoms with Crippen molar-refractivity contribution in [1.29, 1.82) is 0 Å². The number of hydrogen-bond donors (Lipinski definition) is 1. The van der Waals surface area contributed by atoms with Gasteiger partial charge >= 0.3 is 0 Å². The molecule has 124 valence electrons. The van der Waals surface area contributed by atoms with Gasteiger partial charge in [-0.1, -0.05) is 6.42 Å². The molecular formula is C17H22N2O4. The van der Waals surface area contributed by atoms with Crippen LogP contribution in [0.5, 0.6) is 0 Å². The lowest BCUT2D eigenvalue weighted by molar-refractivity contribution is -0.127. The highest BCUT2D eigenvalue weighted by Gasteiger charge is 2.53. The number of hydrogen-bond acceptors (Lipinski definition) is 4. The van der Waals surface area contributed by atoms with Crippen molar-refractivity contribution >= 4 is 11.8 Å². The predicted octanol–water partition coefficient (Wildman–Crippen LogP) is 2.06. The summed E-state index contributed by atoms with van der Waals surface area (Å²) in [6.07, 6.45) is 8.27. The van der Waals surface area contributed by atoms with E-state index in [2.05, 4.69) is 5.32 Å². The average Bonchev–Trinajstić information content (AvgIpc) is 3.08. The normalized spacial score (nSPS) is 26.4. The highest BCUT2D eigenvalue weighted by Crippen LogP contribution is 2.41. The van der Waals surface area contributed by atoms with Crippen LogP contribution >= 0.6 is 0 Å². The lowest BCUT2D eigenvalue weighted by Gasteiger charge is -2.41. The summed E-state index contributed by atoms with van der Waals surface area (Å²) in [7, 11) is 0. The first-order valence-corrected chi connectivity index (χ1v) is 8.51. The Bertz CT molecular complexity index is 588. The number of furan rings is 1. The first-order valence-electron chi connectivity index (χ1n) is 8.51. The molecule has 1 spiro atoms. The van der Waals surface area contributed by atoms with Crippen LogP contribution < -0.4 is 5.32 Å². The molecule has 2 heterocycles. The monoisotopic (exact) mass is 318 g/mol. The second kappa shape index (κ2) is 5.67. The molecule has 23 heavy (non-hydrogen) atoms. The third-order valence-electron chi connectivity index (χ3n) is 5.07.